The van der Waals surface area contributed by atoms with E-state index in [1.165, 1.54) is 37.7 Å². The van der Waals surface area contributed by atoms with Crippen molar-refractivity contribution in [1.29, 1.82) is 0 Å². The first kappa shape index (κ1) is 59.3. The zero-order valence-corrected chi connectivity index (χ0v) is 47.8. The summed E-state index contributed by atoms with van der Waals surface area (Å²) in [6.07, 6.45) is 13.3. The fraction of sp³-hybridized carbons (Fsp3) is 0.444. The first-order valence-corrected chi connectivity index (χ1v) is 28.6. The second-order valence-corrected chi connectivity index (χ2v) is 21.9. The van der Waals surface area contributed by atoms with Gasteiger partial charge < -0.3 is 43.4 Å². The fourth-order valence-electron chi connectivity index (χ4n) is 7.62. The Morgan fingerprint density at radius 2 is 1.29 bits per heavy atom. The molecule has 4 atom stereocenters. The molecule has 0 spiro atoms. The summed E-state index contributed by atoms with van der Waals surface area (Å²) in [6, 6.07) is 24.8. The summed E-state index contributed by atoms with van der Waals surface area (Å²) >= 11 is 0. The number of unbranched alkanes of at least 4 members (excludes halogenated alkanes) is 5. The molecule has 0 bridgehead atoms. The van der Waals surface area contributed by atoms with Crippen LogP contribution in [-0.4, -0.2) is 96.0 Å². The topological polar surface area (TPSA) is 188 Å². The number of hydrogen-bond acceptors (Lipinski definition) is 13. The van der Waals surface area contributed by atoms with Crippen LogP contribution in [0.3, 0.4) is 0 Å². The van der Waals surface area contributed by atoms with E-state index in [2.05, 4.69) is 43.8 Å². The molecule has 3 aromatic carbocycles. The maximum absolute atomic E-state index is 12.7. The van der Waals surface area contributed by atoms with Gasteiger partial charge in [-0.05, 0) is 79.7 Å². The zero-order valence-electron chi connectivity index (χ0n) is 43.4. The summed E-state index contributed by atoms with van der Waals surface area (Å²) in [7, 11) is -0.0598. The SMILES string of the molecule is CCCCCCCCS(=O)C(C)Cc1ccc2c(c1)OCO2.COCCCOc1ccnc(CS(=O)c2nc3ccccc3[n-]2)c1C.COCCCOc1ccnc(CS(=O)c2nc3ccccc3[nH]2)c1C.[Na+]. The third-order valence-electron chi connectivity index (χ3n) is 11.8. The molecule has 8 rings (SSSR count). The number of pyridine rings is 2. The molecule has 1 N–H and O–H groups in total. The fourth-order valence-corrected chi connectivity index (χ4v) is 11.1. The van der Waals surface area contributed by atoms with Crippen molar-refractivity contribution < 1.29 is 70.6 Å². The van der Waals surface area contributed by atoms with Gasteiger partial charge in [0, 0.05) is 90.8 Å². The molecule has 15 nitrogen and oxygen atoms in total. The van der Waals surface area contributed by atoms with Crippen LogP contribution in [0.25, 0.3) is 22.1 Å². The Bertz CT molecular complexity index is 2630. The van der Waals surface area contributed by atoms with Crippen molar-refractivity contribution in [1.82, 2.24) is 29.9 Å². The molecule has 0 amide bonds. The zero-order chi connectivity index (χ0) is 51.1. The number of benzene rings is 3. The van der Waals surface area contributed by atoms with Crippen LogP contribution >= 0.6 is 0 Å². The van der Waals surface area contributed by atoms with Crippen LogP contribution in [0.2, 0.25) is 0 Å². The van der Waals surface area contributed by atoms with E-state index in [4.69, 9.17) is 28.4 Å². The summed E-state index contributed by atoms with van der Waals surface area (Å²) in [5.41, 5.74) is 7.66. The van der Waals surface area contributed by atoms with Gasteiger partial charge in [-0.25, -0.2) is 4.98 Å². The number of fused-ring (bicyclic) bond motifs is 3. The number of H-pyrrole nitrogens is 1. The maximum Gasteiger partial charge on any atom is 1.00 e. The van der Waals surface area contributed by atoms with Crippen molar-refractivity contribution in [3.8, 4) is 23.0 Å². The Morgan fingerprint density at radius 1 is 0.685 bits per heavy atom. The Labute approximate surface area is 459 Å². The van der Waals surface area contributed by atoms with Crippen LogP contribution in [-0.2, 0) is 59.8 Å². The van der Waals surface area contributed by atoms with E-state index in [0.29, 0.717) is 49.3 Å². The molecule has 388 valence electrons. The number of hydrogen-bond donors (Lipinski definition) is 1. The average Bonchev–Trinajstić information content (AvgIpc) is 4.17. The predicted molar refractivity (Wildman–Crippen MR) is 285 cm³/mol. The Morgan fingerprint density at radius 3 is 1.93 bits per heavy atom. The monoisotopic (exact) mass is 1060 g/mol. The maximum atomic E-state index is 12.7. The average molecular weight is 1070 g/mol. The minimum Gasteiger partial charge on any atom is -0.493 e. The van der Waals surface area contributed by atoms with Crippen LogP contribution in [0.5, 0.6) is 23.0 Å². The number of rotatable bonds is 26. The Balaban J connectivity index is 0.000000202. The van der Waals surface area contributed by atoms with Crippen LogP contribution in [0.1, 0.15) is 93.3 Å². The summed E-state index contributed by atoms with van der Waals surface area (Å²) in [4.78, 5) is 24.9. The first-order chi connectivity index (χ1) is 35.1. The van der Waals surface area contributed by atoms with E-state index in [1.807, 2.05) is 92.7 Å². The van der Waals surface area contributed by atoms with Crippen LogP contribution in [0.4, 0.5) is 0 Å². The number of aromatic amines is 1. The molecule has 5 heterocycles. The summed E-state index contributed by atoms with van der Waals surface area (Å²) < 4.78 is 69.9. The molecule has 4 unspecified atom stereocenters. The largest absolute Gasteiger partial charge is 1.00 e. The number of nitrogens with zero attached hydrogens (tertiary/aromatic N) is 5. The molecule has 1 aliphatic heterocycles. The van der Waals surface area contributed by atoms with Crippen LogP contribution < -0.4 is 53.5 Å². The molecule has 0 saturated carbocycles. The van der Waals surface area contributed by atoms with E-state index in [-0.39, 0.29) is 40.6 Å². The molecule has 4 aromatic heterocycles. The minimum atomic E-state index is -1.35. The molecule has 19 heteroatoms. The van der Waals surface area contributed by atoms with Crippen LogP contribution in [0, 0.1) is 13.8 Å². The van der Waals surface area contributed by atoms with Gasteiger partial charge in [-0.15, -0.1) is 0 Å². The third-order valence-corrected chi connectivity index (χ3v) is 15.8. The van der Waals surface area contributed by atoms with Gasteiger partial charge in [0.15, 0.2) is 16.7 Å². The molecule has 73 heavy (non-hydrogen) atoms. The van der Waals surface area contributed by atoms with Crippen molar-refractivity contribution in [3.63, 3.8) is 0 Å². The second-order valence-electron chi connectivity index (χ2n) is 17.2. The molecule has 1 aliphatic rings. The van der Waals surface area contributed by atoms with Gasteiger partial charge >= 0.3 is 29.6 Å². The number of imidazole rings is 2. The Hall–Kier alpha value is -4.53. The van der Waals surface area contributed by atoms with Gasteiger partial charge in [0.05, 0.1) is 68.7 Å². The summed E-state index contributed by atoms with van der Waals surface area (Å²) in [5, 5.41) is 0.999. The molecule has 0 radical (unpaired) electrons. The van der Waals surface area contributed by atoms with Gasteiger partial charge in [-0.3, -0.25) is 22.6 Å². The van der Waals surface area contributed by atoms with Gasteiger partial charge in [0.1, 0.15) is 11.5 Å². The summed E-state index contributed by atoms with van der Waals surface area (Å²) in [5.74, 6) is 4.53. The predicted octanol–water partition coefficient (Wildman–Crippen LogP) is 7.07. The van der Waals surface area contributed by atoms with Gasteiger partial charge in [0.2, 0.25) is 6.79 Å². The molecule has 0 fully saturated rings. The molecule has 0 saturated heterocycles. The summed E-state index contributed by atoms with van der Waals surface area (Å²) in [6.45, 7) is 10.9. The molecular formula is C54H69N6NaO9S3. The van der Waals surface area contributed by atoms with E-state index < -0.39 is 32.4 Å². The smallest absolute Gasteiger partial charge is 0.493 e. The standard InChI is InChI=1S/C18H21N3O3S.C18H20N3O3S.C18H28O3S.Na/c2*1-13-16(19-9-8-17(13)24-11-5-10-23-2)12-25(22)18-20-14-6-3-4-7-15(14)21-18;1-3-4-5-6-7-8-11-22(19)15(2)12-16-9-10-17-18(13-16)21-14-20-17;/h3-4,6-9H,5,10-12H2,1-2H3,(H,20,21);3-4,6-9H,5,10-12H2,1-2H3;9-10,13,15H,3-8,11-12,14H2,1-2H3;/q;-1;;+1. The molecule has 7 aromatic rings. The number of para-hydroxylation sites is 4. The third kappa shape index (κ3) is 18.7. The van der Waals surface area contributed by atoms with Crippen molar-refractivity contribution in [2.45, 2.75) is 113 Å². The second kappa shape index (κ2) is 32.0. The molecule has 0 aliphatic carbocycles. The van der Waals surface area contributed by atoms with E-state index in [1.54, 1.807) is 26.6 Å². The molecular weight excluding hydrogens is 996 g/mol. The van der Waals surface area contributed by atoms with Crippen LogP contribution in [0.15, 0.2) is 102 Å². The normalized spacial score (nSPS) is 13.2. The van der Waals surface area contributed by atoms with Crippen molar-refractivity contribution >= 4 is 54.5 Å². The van der Waals surface area contributed by atoms with Crippen molar-refractivity contribution in [2.75, 3.05) is 53.2 Å². The van der Waals surface area contributed by atoms with Crippen molar-refractivity contribution in [2.24, 2.45) is 0 Å². The van der Waals surface area contributed by atoms with E-state index in [0.717, 1.165) is 99.0 Å². The number of aromatic nitrogens is 6. The van der Waals surface area contributed by atoms with Gasteiger partial charge in [-0.1, -0.05) is 88.4 Å². The number of ether oxygens (including phenoxy) is 6. The van der Waals surface area contributed by atoms with Gasteiger partial charge in [-0.2, -0.15) is 0 Å². The first-order valence-electron chi connectivity index (χ1n) is 24.6. The van der Waals surface area contributed by atoms with E-state index in [9.17, 15) is 12.6 Å². The van der Waals surface area contributed by atoms with E-state index >= 15 is 0 Å². The number of nitrogens with one attached hydrogen (secondary N) is 1. The number of methoxy groups -OCH3 is 2. The minimum absolute atomic E-state index is 0. The van der Waals surface area contributed by atoms with Crippen molar-refractivity contribution in [3.05, 3.63) is 119 Å². The quantitative estimate of drug-likeness (QED) is 0.0429. The Kier molecular flexibility index (Phi) is 26.0. The van der Waals surface area contributed by atoms with Gasteiger partial charge in [0.25, 0.3) is 0 Å².